The molecule has 134 valence electrons. The summed E-state index contributed by atoms with van der Waals surface area (Å²) in [7, 11) is 3.04. The number of amides is 1. The molecule has 2 aromatic rings. The molecule has 2 aromatic carbocycles. The second-order valence-corrected chi connectivity index (χ2v) is 6.55. The van der Waals surface area contributed by atoms with E-state index in [1.54, 1.807) is 25.1 Å². The average molecular weight is 367 g/mol. The summed E-state index contributed by atoms with van der Waals surface area (Å²) in [5.41, 5.74) is 0.794. The van der Waals surface area contributed by atoms with Crippen LogP contribution in [0.2, 0.25) is 0 Å². The highest BCUT2D eigenvalue weighted by atomic mass is 32.2. The lowest BCUT2D eigenvalue weighted by molar-refractivity contribution is -0.115. The van der Waals surface area contributed by atoms with Crippen LogP contribution in [0.25, 0.3) is 0 Å². The molecule has 25 heavy (non-hydrogen) atoms. The number of hydrogen-bond acceptors (Lipinski definition) is 4. The molecule has 1 atom stereocenters. The summed E-state index contributed by atoms with van der Waals surface area (Å²) in [5.74, 6) is -0.742. The fourth-order valence-electron chi connectivity index (χ4n) is 2.11. The summed E-state index contributed by atoms with van der Waals surface area (Å²) in [6, 6.07) is 9.06. The Kier molecular flexibility index (Phi) is 6.64. The number of ether oxygens (including phenoxy) is 2. The summed E-state index contributed by atoms with van der Waals surface area (Å²) >= 11 is 1.22. The lowest BCUT2D eigenvalue weighted by Gasteiger charge is -2.14. The van der Waals surface area contributed by atoms with E-state index in [2.05, 4.69) is 5.32 Å². The van der Waals surface area contributed by atoms with Gasteiger partial charge < -0.3 is 14.8 Å². The number of rotatable bonds is 7. The van der Waals surface area contributed by atoms with Gasteiger partial charge in [0.25, 0.3) is 0 Å². The highest BCUT2D eigenvalue weighted by Crippen LogP contribution is 2.30. The van der Waals surface area contributed by atoms with Crippen LogP contribution in [0.4, 0.5) is 14.5 Å². The number of anilines is 1. The molecule has 1 unspecified atom stereocenters. The minimum atomic E-state index is -0.888. The molecule has 0 aliphatic heterocycles. The number of hydrogen-bond donors (Lipinski definition) is 1. The van der Waals surface area contributed by atoms with Gasteiger partial charge in [-0.15, -0.1) is 11.8 Å². The highest BCUT2D eigenvalue weighted by Gasteiger charge is 2.16. The van der Waals surface area contributed by atoms with E-state index in [-0.39, 0.29) is 17.2 Å². The van der Waals surface area contributed by atoms with Crippen molar-refractivity contribution in [2.75, 3.05) is 19.5 Å². The molecule has 2 rings (SSSR count). The number of carbonyl (C=O) groups is 1. The van der Waals surface area contributed by atoms with E-state index in [0.29, 0.717) is 17.2 Å². The molecule has 0 aromatic heterocycles. The average Bonchev–Trinajstić information content (AvgIpc) is 2.62. The monoisotopic (exact) mass is 367 g/mol. The van der Waals surface area contributed by atoms with Gasteiger partial charge in [0.15, 0.2) is 23.1 Å². The van der Waals surface area contributed by atoms with Crippen LogP contribution in [0.3, 0.4) is 0 Å². The van der Waals surface area contributed by atoms with E-state index in [9.17, 15) is 13.6 Å². The first-order valence-corrected chi connectivity index (χ1v) is 8.58. The molecule has 1 N–H and O–H groups in total. The number of halogens is 2. The van der Waals surface area contributed by atoms with Gasteiger partial charge in [0.1, 0.15) is 0 Å². The molecule has 0 spiro atoms. The Bertz CT molecular complexity index is 755. The van der Waals surface area contributed by atoms with Crippen molar-refractivity contribution in [2.45, 2.75) is 17.9 Å². The van der Waals surface area contributed by atoms with Crippen molar-refractivity contribution in [1.82, 2.24) is 0 Å². The number of thioether (sulfide) groups is 1. The summed E-state index contributed by atoms with van der Waals surface area (Å²) in [6.07, 6.45) is 0. The molecule has 7 heteroatoms. The first-order valence-electron chi connectivity index (χ1n) is 7.53. The maximum absolute atomic E-state index is 13.6. The van der Waals surface area contributed by atoms with Gasteiger partial charge in [0, 0.05) is 23.1 Å². The van der Waals surface area contributed by atoms with E-state index in [1.807, 2.05) is 0 Å². The second-order valence-electron chi connectivity index (χ2n) is 5.23. The summed E-state index contributed by atoms with van der Waals surface area (Å²) in [4.78, 5) is 12.3. The van der Waals surface area contributed by atoms with E-state index >= 15 is 0 Å². The molecule has 0 aliphatic carbocycles. The molecule has 0 saturated heterocycles. The third-order valence-electron chi connectivity index (χ3n) is 3.54. The van der Waals surface area contributed by atoms with Gasteiger partial charge in [-0.25, -0.2) is 8.78 Å². The quantitative estimate of drug-likeness (QED) is 0.795. The van der Waals surface area contributed by atoms with Crippen LogP contribution in [0.5, 0.6) is 11.5 Å². The molecule has 4 nitrogen and oxygen atoms in total. The van der Waals surface area contributed by atoms with Crippen molar-refractivity contribution in [3.8, 4) is 11.5 Å². The van der Waals surface area contributed by atoms with Crippen LogP contribution >= 0.6 is 11.8 Å². The molecular formula is C18H19F2NO3S. The first-order chi connectivity index (χ1) is 12.0. The summed E-state index contributed by atoms with van der Waals surface area (Å²) in [5, 5.41) is 2.32. The number of carbonyl (C=O) groups excluding carboxylic acids is 1. The van der Waals surface area contributed by atoms with Crippen LogP contribution in [0.1, 0.15) is 12.5 Å². The van der Waals surface area contributed by atoms with Gasteiger partial charge in [0.05, 0.1) is 19.5 Å². The van der Waals surface area contributed by atoms with Crippen LogP contribution in [-0.4, -0.2) is 25.4 Å². The van der Waals surface area contributed by atoms with Crippen molar-refractivity contribution < 1.29 is 23.0 Å². The smallest absolute Gasteiger partial charge is 0.237 e. The Morgan fingerprint density at radius 1 is 1.16 bits per heavy atom. The first kappa shape index (κ1) is 19.1. The van der Waals surface area contributed by atoms with Crippen LogP contribution in [-0.2, 0) is 10.5 Å². The number of nitrogens with one attached hydrogen (secondary N) is 1. The third kappa shape index (κ3) is 4.85. The van der Waals surface area contributed by atoms with Crippen LogP contribution in [0.15, 0.2) is 36.4 Å². The predicted molar refractivity (Wildman–Crippen MR) is 95.3 cm³/mol. The van der Waals surface area contributed by atoms with Crippen molar-refractivity contribution in [1.29, 1.82) is 0 Å². The highest BCUT2D eigenvalue weighted by molar-refractivity contribution is 7.99. The standard InChI is InChI=1S/C18H19F2NO3S/c1-11(25-10-12-5-4-6-14(19)17(12)20)18(22)21-13-7-8-15(23-2)16(9-13)24-3/h4-9,11H,10H2,1-3H3,(H,21,22). The van der Waals surface area contributed by atoms with Crippen molar-refractivity contribution >= 4 is 23.4 Å². The lowest BCUT2D eigenvalue weighted by atomic mass is 10.2. The van der Waals surface area contributed by atoms with Gasteiger partial charge in [-0.3, -0.25) is 4.79 Å². The Morgan fingerprint density at radius 3 is 2.56 bits per heavy atom. The molecule has 0 bridgehead atoms. The Morgan fingerprint density at radius 2 is 1.88 bits per heavy atom. The third-order valence-corrected chi connectivity index (χ3v) is 4.73. The largest absolute Gasteiger partial charge is 0.493 e. The molecule has 0 radical (unpaired) electrons. The molecule has 0 saturated carbocycles. The van der Waals surface area contributed by atoms with E-state index < -0.39 is 16.9 Å². The second kappa shape index (κ2) is 8.71. The molecule has 1 amide bonds. The van der Waals surface area contributed by atoms with Gasteiger partial charge in [0.2, 0.25) is 5.91 Å². The van der Waals surface area contributed by atoms with Gasteiger partial charge in [-0.1, -0.05) is 12.1 Å². The van der Waals surface area contributed by atoms with E-state index in [0.717, 1.165) is 6.07 Å². The van der Waals surface area contributed by atoms with Crippen molar-refractivity contribution in [3.63, 3.8) is 0 Å². The van der Waals surface area contributed by atoms with Crippen molar-refractivity contribution in [3.05, 3.63) is 53.6 Å². The molecule has 0 fully saturated rings. The Labute approximate surface area is 149 Å². The minimum Gasteiger partial charge on any atom is -0.493 e. The zero-order chi connectivity index (χ0) is 18.4. The Hall–Kier alpha value is -2.28. The summed E-state index contributed by atoms with van der Waals surface area (Å²) in [6.45, 7) is 1.71. The van der Waals surface area contributed by atoms with Gasteiger partial charge in [-0.05, 0) is 25.1 Å². The van der Waals surface area contributed by atoms with Crippen LogP contribution < -0.4 is 14.8 Å². The lowest BCUT2D eigenvalue weighted by Crippen LogP contribution is -2.22. The van der Waals surface area contributed by atoms with Crippen molar-refractivity contribution in [2.24, 2.45) is 0 Å². The zero-order valence-corrected chi connectivity index (χ0v) is 15.0. The maximum atomic E-state index is 13.6. The summed E-state index contributed by atoms with van der Waals surface area (Å²) < 4.78 is 37.2. The number of benzene rings is 2. The fraction of sp³-hybridized carbons (Fsp3) is 0.278. The number of methoxy groups -OCH3 is 2. The molecule has 0 aliphatic rings. The van der Waals surface area contributed by atoms with Crippen LogP contribution in [0, 0.1) is 11.6 Å². The normalized spacial score (nSPS) is 11.7. The maximum Gasteiger partial charge on any atom is 0.237 e. The van der Waals surface area contributed by atoms with Gasteiger partial charge >= 0.3 is 0 Å². The fourth-order valence-corrected chi connectivity index (χ4v) is 2.97. The predicted octanol–water partition coefficient (Wildman–Crippen LogP) is 4.24. The Balaban J connectivity index is 1.97. The topological polar surface area (TPSA) is 47.6 Å². The van der Waals surface area contributed by atoms with E-state index in [4.69, 9.17) is 9.47 Å². The minimum absolute atomic E-state index is 0.199. The molecular weight excluding hydrogens is 348 g/mol. The SMILES string of the molecule is COc1ccc(NC(=O)C(C)SCc2cccc(F)c2F)cc1OC. The van der Waals surface area contributed by atoms with Gasteiger partial charge in [-0.2, -0.15) is 0 Å². The zero-order valence-electron chi connectivity index (χ0n) is 14.1. The van der Waals surface area contributed by atoms with E-state index in [1.165, 1.54) is 38.1 Å². The molecule has 0 heterocycles.